The Morgan fingerprint density at radius 3 is 2.38 bits per heavy atom. The minimum atomic E-state index is -0.149. The summed E-state index contributed by atoms with van der Waals surface area (Å²) >= 11 is 0. The van der Waals surface area contributed by atoms with Gasteiger partial charge < -0.3 is 5.73 Å². The Bertz CT molecular complexity index is 1070. The highest BCUT2D eigenvalue weighted by atomic mass is 16.2. The summed E-state index contributed by atoms with van der Waals surface area (Å²) in [6, 6.07) is 20.3. The van der Waals surface area contributed by atoms with Crippen LogP contribution in [0.25, 0.3) is 5.65 Å². The number of hydrogen-bond acceptors (Lipinski definition) is 4. The summed E-state index contributed by atoms with van der Waals surface area (Å²) < 4.78 is 1.84. The van der Waals surface area contributed by atoms with Crippen LogP contribution in [-0.4, -0.2) is 20.5 Å². The van der Waals surface area contributed by atoms with Gasteiger partial charge in [-0.25, -0.2) is 0 Å². The van der Waals surface area contributed by atoms with Crippen molar-refractivity contribution < 1.29 is 4.79 Å². The summed E-state index contributed by atoms with van der Waals surface area (Å²) in [7, 11) is 0. The predicted molar refractivity (Wildman–Crippen MR) is 101 cm³/mol. The van der Waals surface area contributed by atoms with E-state index in [4.69, 9.17) is 5.73 Å². The van der Waals surface area contributed by atoms with E-state index < -0.39 is 0 Å². The Labute approximate surface area is 150 Å². The highest BCUT2D eigenvalue weighted by Gasteiger charge is 2.20. The standard InChI is InChI=1S/C20H17N5O/c1-14-22-23-19-13-15(11-12-24(14)19)20(26)25(17-5-3-2-4-6-17)18-9-7-16(21)8-10-18/h2-13H,21H2,1H3. The van der Waals surface area contributed by atoms with Crippen LogP contribution in [0.1, 0.15) is 16.2 Å². The molecule has 26 heavy (non-hydrogen) atoms. The molecular formula is C20H17N5O. The largest absolute Gasteiger partial charge is 0.399 e. The number of aryl methyl sites for hydroxylation is 1. The van der Waals surface area contributed by atoms with Crippen LogP contribution in [0.3, 0.4) is 0 Å². The molecule has 0 aliphatic heterocycles. The maximum atomic E-state index is 13.3. The summed E-state index contributed by atoms with van der Waals surface area (Å²) in [4.78, 5) is 15.0. The van der Waals surface area contributed by atoms with E-state index in [9.17, 15) is 4.79 Å². The van der Waals surface area contributed by atoms with E-state index in [1.807, 2.05) is 60.0 Å². The molecule has 0 radical (unpaired) electrons. The molecule has 0 unspecified atom stereocenters. The smallest absolute Gasteiger partial charge is 0.263 e. The molecule has 4 rings (SSSR count). The van der Waals surface area contributed by atoms with E-state index in [1.165, 1.54) is 0 Å². The number of hydrogen-bond donors (Lipinski definition) is 1. The number of benzene rings is 2. The third kappa shape index (κ3) is 2.77. The summed E-state index contributed by atoms with van der Waals surface area (Å²) in [6.07, 6.45) is 1.81. The number of fused-ring (bicyclic) bond motifs is 1. The molecule has 2 N–H and O–H groups in total. The number of nitrogens with zero attached hydrogens (tertiary/aromatic N) is 4. The van der Waals surface area contributed by atoms with Crippen LogP contribution in [0.4, 0.5) is 17.1 Å². The molecule has 4 aromatic rings. The maximum Gasteiger partial charge on any atom is 0.263 e. The van der Waals surface area contributed by atoms with Crippen molar-refractivity contribution in [3.63, 3.8) is 0 Å². The molecule has 2 aromatic heterocycles. The first-order valence-corrected chi connectivity index (χ1v) is 8.20. The van der Waals surface area contributed by atoms with Gasteiger partial charge in [-0.2, -0.15) is 0 Å². The van der Waals surface area contributed by atoms with E-state index in [1.54, 1.807) is 29.2 Å². The fraction of sp³-hybridized carbons (Fsp3) is 0.0500. The van der Waals surface area contributed by atoms with Gasteiger partial charge in [-0.15, -0.1) is 10.2 Å². The first kappa shape index (κ1) is 15.8. The van der Waals surface area contributed by atoms with Crippen molar-refractivity contribution in [3.05, 3.63) is 84.3 Å². The monoisotopic (exact) mass is 343 g/mol. The van der Waals surface area contributed by atoms with Gasteiger partial charge in [-0.3, -0.25) is 14.1 Å². The Hall–Kier alpha value is -3.67. The summed E-state index contributed by atoms with van der Waals surface area (Å²) in [5, 5.41) is 8.14. The number of carbonyl (C=O) groups is 1. The maximum absolute atomic E-state index is 13.3. The Morgan fingerprint density at radius 2 is 1.65 bits per heavy atom. The number of nitrogens with two attached hydrogens (primary N) is 1. The third-order valence-corrected chi connectivity index (χ3v) is 4.20. The number of carbonyl (C=O) groups excluding carboxylic acids is 1. The quantitative estimate of drug-likeness (QED) is 0.577. The van der Waals surface area contributed by atoms with Crippen molar-refractivity contribution in [2.75, 3.05) is 10.6 Å². The number of para-hydroxylation sites is 1. The lowest BCUT2D eigenvalue weighted by Crippen LogP contribution is -2.26. The highest BCUT2D eigenvalue weighted by Crippen LogP contribution is 2.28. The molecule has 128 valence electrons. The zero-order valence-corrected chi connectivity index (χ0v) is 14.2. The van der Waals surface area contributed by atoms with Crippen molar-refractivity contribution >= 4 is 28.6 Å². The van der Waals surface area contributed by atoms with Crippen LogP contribution in [0.15, 0.2) is 72.9 Å². The Balaban J connectivity index is 1.81. The third-order valence-electron chi connectivity index (χ3n) is 4.20. The molecule has 0 bridgehead atoms. The fourth-order valence-corrected chi connectivity index (χ4v) is 2.86. The molecule has 6 nitrogen and oxygen atoms in total. The first-order chi connectivity index (χ1) is 12.6. The zero-order valence-electron chi connectivity index (χ0n) is 14.2. The Kier molecular flexibility index (Phi) is 3.85. The van der Waals surface area contributed by atoms with Crippen molar-refractivity contribution in [1.82, 2.24) is 14.6 Å². The molecular weight excluding hydrogens is 326 g/mol. The molecule has 2 aromatic carbocycles. The SMILES string of the molecule is Cc1nnc2cc(C(=O)N(c3ccccc3)c3ccc(N)cc3)ccn12. The molecule has 2 heterocycles. The second kappa shape index (κ2) is 6.33. The number of nitrogen functional groups attached to an aromatic ring is 1. The van der Waals surface area contributed by atoms with E-state index in [0.717, 1.165) is 17.2 Å². The van der Waals surface area contributed by atoms with Gasteiger partial charge in [0.1, 0.15) is 5.82 Å². The minimum Gasteiger partial charge on any atom is -0.399 e. The summed E-state index contributed by atoms with van der Waals surface area (Å²) in [6.45, 7) is 1.87. The van der Waals surface area contributed by atoms with Crippen molar-refractivity contribution in [2.24, 2.45) is 0 Å². The normalized spacial score (nSPS) is 10.8. The number of rotatable bonds is 3. The Morgan fingerprint density at radius 1 is 0.962 bits per heavy atom. The summed E-state index contributed by atoms with van der Waals surface area (Å²) in [5.74, 6) is 0.626. The predicted octanol–water partition coefficient (Wildman–Crippen LogP) is 3.60. The number of amides is 1. The zero-order chi connectivity index (χ0) is 18.1. The van der Waals surface area contributed by atoms with Crippen LogP contribution in [0, 0.1) is 6.92 Å². The van der Waals surface area contributed by atoms with Crippen LogP contribution in [0.5, 0.6) is 0 Å². The molecule has 1 amide bonds. The second-order valence-electron chi connectivity index (χ2n) is 5.96. The summed E-state index contributed by atoms with van der Waals surface area (Å²) in [5.41, 5.74) is 9.14. The van der Waals surface area contributed by atoms with E-state index >= 15 is 0 Å². The van der Waals surface area contributed by atoms with Crippen LogP contribution < -0.4 is 10.6 Å². The number of anilines is 3. The van der Waals surface area contributed by atoms with Crippen molar-refractivity contribution in [2.45, 2.75) is 6.92 Å². The topological polar surface area (TPSA) is 76.5 Å². The molecule has 0 fully saturated rings. The lowest BCUT2D eigenvalue weighted by Gasteiger charge is -2.23. The molecule has 0 spiro atoms. The van der Waals surface area contributed by atoms with E-state index in [2.05, 4.69) is 10.2 Å². The van der Waals surface area contributed by atoms with Gasteiger partial charge in [0.25, 0.3) is 5.91 Å². The number of pyridine rings is 1. The molecule has 0 saturated heterocycles. The highest BCUT2D eigenvalue weighted by molar-refractivity contribution is 6.11. The average molecular weight is 343 g/mol. The van der Waals surface area contributed by atoms with Gasteiger partial charge in [-0.1, -0.05) is 18.2 Å². The molecule has 0 atom stereocenters. The first-order valence-electron chi connectivity index (χ1n) is 8.20. The van der Waals surface area contributed by atoms with Gasteiger partial charge in [0.05, 0.1) is 0 Å². The van der Waals surface area contributed by atoms with Crippen molar-refractivity contribution in [1.29, 1.82) is 0 Å². The average Bonchev–Trinajstić information content (AvgIpc) is 3.05. The second-order valence-corrected chi connectivity index (χ2v) is 5.96. The lowest BCUT2D eigenvalue weighted by molar-refractivity contribution is 0.0999. The van der Waals surface area contributed by atoms with Crippen molar-refractivity contribution in [3.8, 4) is 0 Å². The van der Waals surface area contributed by atoms with E-state index in [0.29, 0.717) is 16.9 Å². The molecule has 0 aliphatic carbocycles. The van der Waals surface area contributed by atoms with Gasteiger partial charge in [0, 0.05) is 28.8 Å². The lowest BCUT2D eigenvalue weighted by atomic mass is 10.1. The minimum absolute atomic E-state index is 0.149. The van der Waals surface area contributed by atoms with Crippen LogP contribution in [0.2, 0.25) is 0 Å². The molecule has 0 aliphatic rings. The van der Waals surface area contributed by atoms with Gasteiger partial charge in [0.2, 0.25) is 0 Å². The van der Waals surface area contributed by atoms with Crippen LogP contribution in [-0.2, 0) is 0 Å². The van der Waals surface area contributed by atoms with Gasteiger partial charge >= 0.3 is 0 Å². The van der Waals surface area contributed by atoms with Gasteiger partial charge in [-0.05, 0) is 55.5 Å². The molecule has 6 heteroatoms. The van der Waals surface area contributed by atoms with E-state index in [-0.39, 0.29) is 5.91 Å². The van der Waals surface area contributed by atoms with Gasteiger partial charge in [0.15, 0.2) is 5.65 Å². The van der Waals surface area contributed by atoms with Crippen LogP contribution >= 0.6 is 0 Å². The fourth-order valence-electron chi connectivity index (χ4n) is 2.86. The molecule has 0 saturated carbocycles. The number of aromatic nitrogens is 3.